The van der Waals surface area contributed by atoms with Gasteiger partial charge in [-0.25, -0.2) is 9.18 Å². The van der Waals surface area contributed by atoms with Crippen molar-refractivity contribution in [2.45, 2.75) is 6.18 Å². The second-order valence-corrected chi connectivity index (χ2v) is 3.12. The number of nitriles is 1. The number of alkyl halides is 3. The summed E-state index contributed by atoms with van der Waals surface area (Å²) in [4.78, 5) is 10.9. The first-order valence-corrected chi connectivity index (χ1v) is 4.52. The maximum Gasteiger partial charge on any atom is 0.422 e. The molecule has 1 N–H and O–H groups in total. The highest BCUT2D eigenvalue weighted by atomic mass is 19.4. The summed E-state index contributed by atoms with van der Waals surface area (Å²) in [6.45, 7) is -1.77. The predicted molar refractivity (Wildman–Crippen MR) is 52.1 cm³/mol. The number of rotatable bonds is 2. The van der Waals surface area contributed by atoms with Gasteiger partial charge in [0.05, 0.1) is 17.3 Å². The van der Waals surface area contributed by atoms with Crippen molar-refractivity contribution >= 4 is 11.8 Å². The lowest BCUT2D eigenvalue weighted by Gasteiger charge is -2.09. The van der Waals surface area contributed by atoms with E-state index in [1.807, 2.05) is 0 Å². The number of nitrogens with zero attached hydrogens (tertiary/aromatic N) is 1. The second kappa shape index (κ2) is 5.35. The van der Waals surface area contributed by atoms with Gasteiger partial charge in [-0.1, -0.05) is 0 Å². The Balaban J connectivity index is 2.63. The van der Waals surface area contributed by atoms with Gasteiger partial charge in [-0.05, 0) is 18.2 Å². The molecule has 96 valence electrons. The molecule has 0 aromatic heterocycles. The van der Waals surface area contributed by atoms with Crippen LogP contribution in [0.5, 0.6) is 0 Å². The lowest BCUT2D eigenvalue weighted by Crippen LogP contribution is -2.23. The second-order valence-electron chi connectivity index (χ2n) is 3.12. The van der Waals surface area contributed by atoms with Gasteiger partial charge in [-0.2, -0.15) is 18.4 Å². The standard InChI is InChI=1S/C10H6F4N2O2/c11-7-3-6(4-15)1-2-8(7)16-9(17)18-5-10(12,13)14/h1-3H,5H2,(H,16,17). The summed E-state index contributed by atoms with van der Waals surface area (Å²) < 4.78 is 52.2. The first-order valence-electron chi connectivity index (χ1n) is 4.52. The smallest absolute Gasteiger partial charge is 0.422 e. The van der Waals surface area contributed by atoms with Crippen LogP contribution in [0.15, 0.2) is 18.2 Å². The summed E-state index contributed by atoms with van der Waals surface area (Å²) in [5.74, 6) is -0.946. The van der Waals surface area contributed by atoms with E-state index in [9.17, 15) is 22.4 Å². The predicted octanol–water partition coefficient (Wildman–Crippen LogP) is 2.81. The number of hydrogen-bond acceptors (Lipinski definition) is 3. The molecular weight excluding hydrogens is 256 g/mol. The minimum atomic E-state index is -4.65. The Morgan fingerprint density at radius 3 is 2.61 bits per heavy atom. The van der Waals surface area contributed by atoms with Crippen LogP contribution in [0.4, 0.5) is 28.0 Å². The molecule has 18 heavy (non-hydrogen) atoms. The normalized spacial score (nSPS) is 10.6. The first kappa shape index (κ1) is 13.8. The number of hydrogen-bond donors (Lipinski definition) is 1. The molecule has 0 aliphatic heterocycles. The molecule has 1 amide bonds. The Hall–Kier alpha value is -2.30. The maximum absolute atomic E-state index is 13.2. The fourth-order valence-electron chi connectivity index (χ4n) is 0.979. The van der Waals surface area contributed by atoms with Crippen molar-refractivity contribution in [3.05, 3.63) is 29.6 Å². The van der Waals surface area contributed by atoms with E-state index in [-0.39, 0.29) is 11.3 Å². The molecule has 1 rings (SSSR count). The highest BCUT2D eigenvalue weighted by Gasteiger charge is 2.29. The van der Waals surface area contributed by atoms with Crippen molar-refractivity contribution in [2.75, 3.05) is 11.9 Å². The number of amides is 1. The Kier molecular flexibility index (Phi) is 4.09. The molecule has 1 aromatic carbocycles. The average Bonchev–Trinajstić information content (AvgIpc) is 2.28. The van der Waals surface area contributed by atoms with E-state index in [0.717, 1.165) is 12.1 Å². The third-order valence-electron chi connectivity index (χ3n) is 1.70. The van der Waals surface area contributed by atoms with Gasteiger partial charge in [-0.3, -0.25) is 5.32 Å². The number of carbonyl (C=O) groups is 1. The van der Waals surface area contributed by atoms with Crippen molar-refractivity contribution < 1.29 is 27.1 Å². The highest BCUT2D eigenvalue weighted by Crippen LogP contribution is 2.17. The van der Waals surface area contributed by atoms with E-state index in [4.69, 9.17) is 5.26 Å². The molecule has 1 aromatic rings. The molecule has 0 heterocycles. The van der Waals surface area contributed by atoms with E-state index in [1.165, 1.54) is 6.07 Å². The van der Waals surface area contributed by atoms with E-state index in [2.05, 4.69) is 4.74 Å². The number of nitrogens with one attached hydrogen (secondary N) is 1. The lowest BCUT2D eigenvalue weighted by molar-refractivity contribution is -0.159. The zero-order valence-corrected chi connectivity index (χ0v) is 8.71. The summed E-state index contributed by atoms with van der Waals surface area (Å²) in [6.07, 6.45) is -6.09. The number of halogens is 4. The molecular formula is C10H6F4N2O2. The Labute approximate surface area is 98.8 Å². The summed E-state index contributed by atoms with van der Waals surface area (Å²) in [7, 11) is 0. The zero-order valence-electron chi connectivity index (χ0n) is 8.71. The molecule has 0 fully saturated rings. The van der Waals surface area contributed by atoms with Gasteiger partial charge in [0.1, 0.15) is 5.82 Å². The van der Waals surface area contributed by atoms with Crippen LogP contribution in [-0.2, 0) is 4.74 Å². The third kappa shape index (κ3) is 4.29. The number of benzene rings is 1. The summed E-state index contributed by atoms with van der Waals surface area (Å²) in [5.41, 5.74) is -0.358. The van der Waals surface area contributed by atoms with Gasteiger partial charge < -0.3 is 4.74 Å². The minimum absolute atomic E-state index is 0.0155. The molecule has 0 bridgehead atoms. The highest BCUT2D eigenvalue weighted by molar-refractivity contribution is 5.84. The van der Waals surface area contributed by atoms with E-state index in [1.54, 1.807) is 11.4 Å². The minimum Gasteiger partial charge on any atom is -0.440 e. The summed E-state index contributed by atoms with van der Waals surface area (Å²) >= 11 is 0. The molecule has 0 unspecified atom stereocenters. The Morgan fingerprint density at radius 2 is 2.11 bits per heavy atom. The lowest BCUT2D eigenvalue weighted by atomic mass is 10.2. The van der Waals surface area contributed by atoms with E-state index >= 15 is 0 Å². The van der Waals surface area contributed by atoms with E-state index in [0.29, 0.717) is 0 Å². The largest absolute Gasteiger partial charge is 0.440 e. The fraction of sp³-hybridized carbons (Fsp3) is 0.200. The van der Waals surface area contributed by atoms with Gasteiger partial charge in [0.15, 0.2) is 6.61 Å². The monoisotopic (exact) mass is 262 g/mol. The van der Waals surface area contributed by atoms with Crippen LogP contribution in [0.25, 0.3) is 0 Å². The molecule has 0 saturated heterocycles. The molecule has 0 atom stereocenters. The van der Waals surface area contributed by atoms with Crippen molar-refractivity contribution in [1.29, 1.82) is 5.26 Å². The van der Waals surface area contributed by atoms with Crippen molar-refractivity contribution in [2.24, 2.45) is 0 Å². The van der Waals surface area contributed by atoms with Crippen LogP contribution >= 0.6 is 0 Å². The molecule has 0 aliphatic rings. The quantitative estimate of drug-likeness (QED) is 0.833. The van der Waals surface area contributed by atoms with Gasteiger partial charge >= 0.3 is 12.3 Å². The molecule has 8 heteroatoms. The van der Waals surface area contributed by atoms with Crippen LogP contribution in [0.1, 0.15) is 5.56 Å². The van der Waals surface area contributed by atoms with Crippen molar-refractivity contribution in [3.63, 3.8) is 0 Å². The van der Waals surface area contributed by atoms with Crippen LogP contribution in [0.3, 0.4) is 0 Å². The van der Waals surface area contributed by atoms with Crippen molar-refractivity contribution in [3.8, 4) is 6.07 Å². The fourth-order valence-corrected chi connectivity index (χ4v) is 0.979. The van der Waals surface area contributed by atoms with Gasteiger partial charge in [-0.15, -0.1) is 0 Å². The van der Waals surface area contributed by atoms with Crippen LogP contribution in [-0.4, -0.2) is 18.9 Å². The summed E-state index contributed by atoms with van der Waals surface area (Å²) in [5, 5.41) is 10.2. The molecule has 4 nitrogen and oxygen atoms in total. The van der Waals surface area contributed by atoms with Crippen LogP contribution < -0.4 is 5.32 Å². The number of carbonyl (C=O) groups excluding carboxylic acids is 1. The van der Waals surface area contributed by atoms with E-state index < -0.39 is 24.7 Å². The molecule has 0 radical (unpaired) electrons. The number of anilines is 1. The first-order chi connectivity index (χ1) is 8.31. The Bertz CT molecular complexity index is 494. The maximum atomic E-state index is 13.2. The average molecular weight is 262 g/mol. The molecule has 0 aliphatic carbocycles. The molecule has 0 saturated carbocycles. The molecule has 0 spiro atoms. The Morgan fingerprint density at radius 1 is 1.44 bits per heavy atom. The van der Waals surface area contributed by atoms with Gasteiger partial charge in [0.2, 0.25) is 0 Å². The van der Waals surface area contributed by atoms with Crippen molar-refractivity contribution in [1.82, 2.24) is 0 Å². The van der Waals surface area contributed by atoms with Crippen LogP contribution in [0, 0.1) is 17.1 Å². The van der Waals surface area contributed by atoms with Gasteiger partial charge in [0.25, 0.3) is 0 Å². The number of ether oxygens (including phenoxy) is 1. The SMILES string of the molecule is N#Cc1ccc(NC(=O)OCC(F)(F)F)c(F)c1. The summed E-state index contributed by atoms with van der Waals surface area (Å²) in [6, 6.07) is 4.73. The topological polar surface area (TPSA) is 62.1 Å². The zero-order chi connectivity index (χ0) is 13.8. The third-order valence-corrected chi connectivity index (χ3v) is 1.70. The van der Waals surface area contributed by atoms with Gasteiger partial charge in [0, 0.05) is 0 Å². The van der Waals surface area contributed by atoms with Crippen LogP contribution in [0.2, 0.25) is 0 Å².